The van der Waals surface area contributed by atoms with Gasteiger partial charge in [0.1, 0.15) is 12.6 Å². The molecule has 10 heteroatoms. The average molecular weight is 543 g/mol. The number of benzene rings is 2. The highest BCUT2D eigenvalue weighted by molar-refractivity contribution is 5.76. The fourth-order valence-electron chi connectivity index (χ4n) is 4.62. The van der Waals surface area contributed by atoms with Crippen LogP contribution in [-0.4, -0.2) is 70.9 Å². The van der Waals surface area contributed by atoms with E-state index in [1.165, 1.54) is 12.1 Å². The second-order valence-corrected chi connectivity index (χ2v) is 9.88. The van der Waals surface area contributed by atoms with E-state index in [0.29, 0.717) is 26.2 Å². The largest absolute Gasteiger partial charge is 0.463 e. The van der Waals surface area contributed by atoms with Crippen LogP contribution >= 0.6 is 0 Å². The van der Waals surface area contributed by atoms with Gasteiger partial charge in [-0.3, -0.25) is 19.6 Å². The molecule has 2 aromatic carbocycles. The van der Waals surface area contributed by atoms with Crippen LogP contribution in [0.5, 0.6) is 0 Å². The Kier molecular flexibility index (Phi) is 9.01. The van der Waals surface area contributed by atoms with Crippen LogP contribution in [-0.2, 0) is 28.2 Å². The molecule has 4 rings (SSSR count). The summed E-state index contributed by atoms with van der Waals surface area (Å²) in [6.07, 6.45) is -1.26. The topological polar surface area (TPSA) is 91.9 Å². The molecule has 208 valence electrons. The normalized spacial score (nSPS) is 18.5. The van der Waals surface area contributed by atoms with Gasteiger partial charge in [0, 0.05) is 51.7 Å². The second kappa shape index (κ2) is 12.3. The second-order valence-electron chi connectivity index (χ2n) is 9.88. The van der Waals surface area contributed by atoms with E-state index in [1.54, 1.807) is 24.5 Å². The molecular weight excluding hydrogens is 509 g/mol. The summed E-state index contributed by atoms with van der Waals surface area (Å²) in [4.78, 5) is 21.3. The lowest BCUT2D eigenvalue weighted by Gasteiger charge is -2.40. The molecule has 1 aliphatic rings. The fraction of sp³-hybridized carbons (Fsp3) is 0.379. The van der Waals surface area contributed by atoms with Crippen molar-refractivity contribution >= 4 is 5.97 Å². The predicted molar refractivity (Wildman–Crippen MR) is 141 cm³/mol. The lowest BCUT2D eigenvalue weighted by molar-refractivity contribution is -0.258. The number of piperazine rings is 1. The molecule has 0 bridgehead atoms. The number of alkyl halides is 3. The number of ether oxygens (including phenoxy) is 1. The van der Waals surface area contributed by atoms with Crippen molar-refractivity contribution in [2.75, 3.05) is 32.8 Å². The molecule has 3 aromatic rings. The van der Waals surface area contributed by atoms with Crippen LogP contribution in [0.4, 0.5) is 13.2 Å². The summed E-state index contributed by atoms with van der Waals surface area (Å²) in [6, 6.07) is 16.9. The monoisotopic (exact) mass is 542 g/mol. The number of esters is 1. The van der Waals surface area contributed by atoms with Gasteiger partial charge in [0.25, 0.3) is 0 Å². The molecule has 7 nitrogen and oxygen atoms in total. The van der Waals surface area contributed by atoms with E-state index >= 15 is 0 Å². The van der Waals surface area contributed by atoms with Crippen molar-refractivity contribution in [1.82, 2.24) is 14.8 Å². The summed E-state index contributed by atoms with van der Waals surface area (Å²) in [7, 11) is 0. The van der Waals surface area contributed by atoms with Crippen molar-refractivity contribution in [3.63, 3.8) is 0 Å². The summed E-state index contributed by atoms with van der Waals surface area (Å²) in [5, 5.41) is 9.90. The third-order valence-electron chi connectivity index (χ3n) is 7.04. The minimum atomic E-state index is -4.77. The highest BCUT2D eigenvalue weighted by atomic mass is 19.4. The zero-order chi connectivity index (χ0) is 28.0. The van der Waals surface area contributed by atoms with E-state index in [4.69, 9.17) is 10.5 Å². The Morgan fingerprint density at radius 3 is 2.15 bits per heavy atom. The smallest absolute Gasteiger partial charge is 0.421 e. The van der Waals surface area contributed by atoms with Gasteiger partial charge >= 0.3 is 12.1 Å². The molecule has 0 amide bonds. The summed E-state index contributed by atoms with van der Waals surface area (Å²) < 4.78 is 44.8. The number of halogens is 3. The number of hydrogen-bond acceptors (Lipinski definition) is 7. The molecule has 1 saturated heterocycles. The van der Waals surface area contributed by atoms with E-state index in [1.807, 2.05) is 36.4 Å². The predicted octanol–water partition coefficient (Wildman–Crippen LogP) is 3.71. The maximum atomic E-state index is 13.1. The van der Waals surface area contributed by atoms with Crippen molar-refractivity contribution < 1.29 is 27.8 Å². The van der Waals surface area contributed by atoms with Gasteiger partial charge in [-0.2, -0.15) is 13.2 Å². The molecule has 0 saturated carbocycles. The number of nitrogens with two attached hydrogens (primary N) is 1. The third-order valence-corrected chi connectivity index (χ3v) is 7.04. The van der Waals surface area contributed by atoms with Gasteiger partial charge in [-0.05, 0) is 46.9 Å². The van der Waals surface area contributed by atoms with Crippen LogP contribution in [0.1, 0.15) is 23.6 Å². The summed E-state index contributed by atoms with van der Waals surface area (Å²) >= 11 is 0. The Morgan fingerprint density at radius 2 is 1.56 bits per heavy atom. The molecule has 0 aliphatic carbocycles. The lowest BCUT2D eigenvalue weighted by Crippen LogP contribution is -2.56. The van der Waals surface area contributed by atoms with Gasteiger partial charge in [-0.15, -0.1) is 0 Å². The minimum absolute atomic E-state index is 0.166. The number of nitrogens with zero attached hydrogens (tertiary/aromatic N) is 3. The van der Waals surface area contributed by atoms with Gasteiger partial charge in [0.15, 0.2) is 5.60 Å². The Bertz CT molecular complexity index is 1220. The first kappa shape index (κ1) is 28.7. The highest BCUT2D eigenvalue weighted by Gasteiger charge is 2.51. The molecule has 1 fully saturated rings. The number of carbonyl (C=O) groups is 1. The number of rotatable bonds is 9. The number of aliphatic hydroxyl groups is 1. The number of carbonyl (C=O) groups excluding carboxylic acids is 1. The first-order chi connectivity index (χ1) is 18.6. The van der Waals surface area contributed by atoms with Gasteiger partial charge in [0.2, 0.25) is 0 Å². The van der Waals surface area contributed by atoms with Crippen LogP contribution in [0.3, 0.4) is 0 Å². The lowest BCUT2D eigenvalue weighted by atomic mass is 9.93. The average Bonchev–Trinajstić information content (AvgIpc) is 2.93. The molecule has 0 spiro atoms. The van der Waals surface area contributed by atoms with E-state index in [-0.39, 0.29) is 24.7 Å². The summed E-state index contributed by atoms with van der Waals surface area (Å²) in [5.74, 6) is -0.300. The number of hydrogen-bond donors (Lipinski definition) is 2. The van der Waals surface area contributed by atoms with Gasteiger partial charge in [-0.25, -0.2) is 0 Å². The van der Waals surface area contributed by atoms with Crippen molar-refractivity contribution in [2.45, 2.75) is 37.8 Å². The van der Waals surface area contributed by atoms with Crippen LogP contribution in [0.15, 0.2) is 73.1 Å². The zero-order valence-corrected chi connectivity index (χ0v) is 21.8. The molecule has 2 heterocycles. The third kappa shape index (κ3) is 7.02. The Morgan fingerprint density at radius 1 is 0.974 bits per heavy atom. The van der Waals surface area contributed by atoms with Crippen LogP contribution in [0, 0.1) is 0 Å². The molecule has 2 atom stereocenters. The number of aromatic nitrogens is 1. The zero-order valence-electron chi connectivity index (χ0n) is 21.8. The molecule has 3 N–H and O–H groups in total. The molecule has 1 unspecified atom stereocenters. The van der Waals surface area contributed by atoms with Gasteiger partial charge < -0.3 is 15.6 Å². The maximum absolute atomic E-state index is 13.1. The van der Waals surface area contributed by atoms with Crippen LogP contribution in [0.25, 0.3) is 11.1 Å². The van der Waals surface area contributed by atoms with Gasteiger partial charge in [-0.1, -0.05) is 48.5 Å². The Labute approximate surface area is 226 Å². The minimum Gasteiger partial charge on any atom is -0.463 e. The van der Waals surface area contributed by atoms with E-state index in [2.05, 4.69) is 14.8 Å². The van der Waals surface area contributed by atoms with E-state index < -0.39 is 17.8 Å². The summed E-state index contributed by atoms with van der Waals surface area (Å²) in [6.45, 7) is 4.41. The molecule has 1 aromatic heterocycles. The highest BCUT2D eigenvalue weighted by Crippen LogP contribution is 2.39. The van der Waals surface area contributed by atoms with Crippen LogP contribution < -0.4 is 5.73 Å². The Balaban J connectivity index is 1.44. The first-order valence-electron chi connectivity index (χ1n) is 12.8. The van der Waals surface area contributed by atoms with Crippen LogP contribution in [0.2, 0.25) is 0 Å². The number of pyridine rings is 1. The quantitative estimate of drug-likeness (QED) is 0.399. The van der Waals surface area contributed by atoms with Crippen molar-refractivity contribution in [1.29, 1.82) is 0 Å². The van der Waals surface area contributed by atoms with Crippen molar-refractivity contribution in [3.05, 3.63) is 89.7 Å². The van der Waals surface area contributed by atoms with E-state index in [9.17, 15) is 23.1 Å². The Hall–Kier alpha value is -3.31. The first-order valence-corrected chi connectivity index (χ1v) is 12.8. The van der Waals surface area contributed by atoms with Crippen molar-refractivity contribution in [2.24, 2.45) is 5.73 Å². The SMILES string of the molecule is CC(O)(c1ccc(-c2ccc(CN3CCN(Cc4ccncc4)C[C@@H]3C(=O)OCCN)cc2)cc1)C(F)(F)F. The molecular formula is C29H33F3N4O3. The standard InChI is InChI=1S/C29H33F3N4O3/c1-28(38,29(30,31)32)25-8-6-24(7-9-25)23-4-2-21(3-5-23)19-36-16-15-35(18-22-10-13-34-14-11-22)20-26(36)27(37)39-17-12-33/h2-11,13-14,26,38H,12,15-20,33H2,1H3/t26-,28?/m1/s1. The molecule has 1 aliphatic heterocycles. The maximum Gasteiger partial charge on any atom is 0.421 e. The van der Waals surface area contributed by atoms with Crippen molar-refractivity contribution in [3.8, 4) is 11.1 Å². The fourth-order valence-corrected chi connectivity index (χ4v) is 4.62. The summed E-state index contributed by atoms with van der Waals surface area (Å²) in [5.41, 5.74) is 6.08. The van der Waals surface area contributed by atoms with E-state index in [0.717, 1.165) is 35.7 Å². The van der Waals surface area contributed by atoms with Gasteiger partial charge in [0.05, 0.1) is 0 Å². The molecule has 39 heavy (non-hydrogen) atoms. The molecule has 0 radical (unpaired) electrons.